The summed E-state index contributed by atoms with van der Waals surface area (Å²) >= 11 is 0. The van der Waals surface area contributed by atoms with Crippen LogP contribution in [0.3, 0.4) is 0 Å². The molecule has 26 heavy (non-hydrogen) atoms. The van der Waals surface area contributed by atoms with Gasteiger partial charge in [0.05, 0.1) is 11.2 Å². The lowest BCUT2D eigenvalue weighted by Crippen LogP contribution is -2.37. The van der Waals surface area contributed by atoms with Gasteiger partial charge in [-0.2, -0.15) is 0 Å². The number of nitrogens with zero attached hydrogens (tertiary/aromatic N) is 2. The van der Waals surface area contributed by atoms with Crippen molar-refractivity contribution < 1.29 is 14.0 Å². The van der Waals surface area contributed by atoms with Gasteiger partial charge >= 0.3 is 0 Å². The van der Waals surface area contributed by atoms with Gasteiger partial charge in [-0.3, -0.25) is 14.6 Å². The number of hydrogen-bond donors (Lipinski definition) is 1. The van der Waals surface area contributed by atoms with Crippen LogP contribution in [0.4, 0.5) is 10.1 Å². The number of pyridine rings is 1. The van der Waals surface area contributed by atoms with E-state index in [1.807, 2.05) is 30.3 Å². The van der Waals surface area contributed by atoms with E-state index in [1.165, 1.54) is 31.2 Å². The number of benzene rings is 2. The molecule has 0 fully saturated rings. The maximum absolute atomic E-state index is 12.9. The number of carbonyl (C=O) groups is 2. The predicted octanol–water partition coefficient (Wildman–Crippen LogP) is 3.16. The minimum atomic E-state index is -0.396. The molecule has 3 aromatic rings. The van der Waals surface area contributed by atoms with Gasteiger partial charge in [-0.1, -0.05) is 18.2 Å². The highest BCUT2D eigenvalue weighted by atomic mass is 19.1. The lowest BCUT2D eigenvalue weighted by Gasteiger charge is -2.22. The first-order valence-corrected chi connectivity index (χ1v) is 8.22. The molecule has 0 saturated carbocycles. The van der Waals surface area contributed by atoms with Crippen LogP contribution in [0.15, 0.2) is 60.8 Å². The fourth-order valence-electron chi connectivity index (χ4n) is 2.74. The fraction of sp³-hybridized carbons (Fsp3) is 0.150. The number of amides is 2. The summed E-state index contributed by atoms with van der Waals surface area (Å²) in [5, 5.41) is 3.68. The zero-order valence-electron chi connectivity index (χ0n) is 14.3. The first-order valence-electron chi connectivity index (χ1n) is 8.22. The molecule has 6 heteroatoms. The van der Waals surface area contributed by atoms with E-state index in [1.54, 1.807) is 11.1 Å². The summed E-state index contributed by atoms with van der Waals surface area (Å²) in [6, 6.07) is 14.7. The van der Waals surface area contributed by atoms with Crippen LogP contribution < -0.4 is 10.2 Å². The third-order valence-electron chi connectivity index (χ3n) is 4.01. The molecule has 1 heterocycles. The largest absolute Gasteiger partial charge is 0.350 e. The average molecular weight is 351 g/mol. The quantitative estimate of drug-likeness (QED) is 0.768. The molecular formula is C20H18FN3O2. The van der Waals surface area contributed by atoms with E-state index in [-0.39, 0.29) is 18.4 Å². The lowest BCUT2D eigenvalue weighted by atomic mass is 10.1. The molecule has 1 aromatic heterocycles. The van der Waals surface area contributed by atoms with Crippen molar-refractivity contribution in [2.24, 2.45) is 0 Å². The molecule has 0 atom stereocenters. The number of fused-ring (bicyclic) bond motifs is 1. The third-order valence-corrected chi connectivity index (χ3v) is 4.01. The smallest absolute Gasteiger partial charge is 0.251 e. The van der Waals surface area contributed by atoms with Crippen LogP contribution in [0.5, 0.6) is 0 Å². The van der Waals surface area contributed by atoms with Crippen molar-refractivity contribution in [3.8, 4) is 0 Å². The summed E-state index contributed by atoms with van der Waals surface area (Å²) in [4.78, 5) is 30.2. The molecule has 132 valence electrons. The summed E-state index contributed by atoms with van der Waals surface area (Å²) in [6.45, 7) is 2.04. The van der Waals surface area contributed by atoms with Crippen molar-refractivity contribution in [1.82, 2.24) is 10.3 Å². The Morgan fingerprint density at radius 3 is 2.54 bits per heavy atom. The Hall–Kier alpha value is -3.28. The summed E-state index contributed by atoms with van der Waals surface area (Å²) < 4.78 is 12.9. The molecule has 2 aromatic carbocycles. The zero-order valence-corrected chi connectivity index (χ0v) is 14.3. The maximum atomic E-state index is 12.9. The molecule has 0 saturated heterocycles. The van der Waals surface area contributed by atoms with Crippen LogP contribution in [-0.4, -0.2) is 29.9 Å². The number of rotatable bonds is 5. The Morgan fingerprint density at radius 2 is 1.81 bits per heavy atom. The molecule has 0 radical (unpaired) electrons. The van der Waals surface area contributed by atoms with Gasteiger partial charge in [-0.25, -0.2) is 4.39 Å². The molecule has 5 nitrogen and oxygen atoms in total. The molecule has 0 unspecified atom stereocenters. The second-order valence-corrected chi connectivity index (χ2v) is 5.79. The summed E-state index contributed by atoms with van der Waals surface area (Å²) in [7, 11) is 0. The molecule has 2 amide bonds. The molecule has 0 spiro atoms. The summed E-state index contributed by atoms with van der Waals surface area (Å²) in [6.07, 6.45) is 1.68. The number of aromatic nitrogens is 1. The highest BCUT2D eigenvalue weighted by Crippen LogP contribution is 2.24. The van der Waals surface area contributed by atoms with Crippen LogP contribution in [-0.2, 0) is 4.79 Å². The van der Waals surface area contributed by atoms with Crippen molar-refractivity contribution in [3.63, 3.8) is 0 Å². The average Bonchev–Trinajstić information content (AvgIpc) is 2.65. The van der Waals surface area contributed by atoms with Gasteiger partial charge in [0.1, 0.15) is 5.82 Å². The van der Waals surface area contributed by atoms with E-state index in [0.29, 0.717) is 17.8 Å². The van der Waals surface area contributed by atoms with Crippen molar-refractivity contribution in [1.29, 1.82) is 0 Å². The minimum Gasteiger partial charge on any atom is -0.350 e. The van der Waals surface area contributed by atoms with E-state index in [9.17, 15) is 14.0 Å². The molecule has 0 aliphatic carbocycles. The Bertz CT molecular complexity index is 936. The van der Waals surface area contributed by atoms with E-state index >= 15 is 0 Å². The molecule has 0 aliphatic heterocycles. The number of nitrogens with one attached hydrogen (secondary N) is 1. The van der Waals surface area contributed by atoms with E-state index < -0.39 is 5.82 Å². The number of halogens is 1. The summed E-state index contributed by atoms with van der Waals surface area (Å²) in [5.74, 6) is -0.850. The van der Waals surface area contributed by atoms with Gasteiger partial charge < -0.3 is 10.2 Å². The van der Waals surface area contributed by atoms with Crippen molar-refractivity contribution in [2.75, 3.05) is 18.0 Å². The monoisotopic (exact) mass is 351 g/mol. The Balaban J connectivity index is 1.72. The Labute approximate surface area is 150 Å². The standard InChI is InChI=1S/C20H18FN3O2/c1-14(25)24(18-6-2-4-15-5-3-11-22-19(15)18)13-12-23-20(26)16-7-9-17(21)10-8-16/h2-11H,12-13H2,1H3,(H,23,26). The summed E-state index contributed by atoms with van der Waals surface area (Å²) in [5.41, 5.74) is 1.80. The van der Waals surface area contributed by atoms with Crippen LogP contribution in [0, 0.1) is 5.82 Å². The lowest BCUT2D eigenvalue weighted by molar-refractivity contribution is -0.116. The van der Waals surface area contributed by atoms with Gasteiger partial charge in [-0.15, -0.1) is 0 Å². The van der Waals surface area contributed by atoms with Crippen molar-refractivity contribution >= 4 is 28.4 Å². The van der Waals surface area contributed by atoms with Gasteiger partial charge in [0.25, 0.3) is 5.91 Å². The van der Waals surface area contributed by atoms with Gasteiger partial charge in [0, 0.05) is 37.2 Å². The molecule has 1 N–H and O–H groups in total. The first kappa shape index (κ1) is 17.5. The predicted molar refractivity (Wildman–Crippen MR) is 98.5 cm³/mol. The number of carbonyl (C=O) groups excluding carboxylic acids is 2. The minimum absolute atomic E-state index is 0.140. The van der Waals surface area contributed by atoms with Gasteiger partial charge in [-0.05, 0) is 36.4 Å². The van der Waals surface area contributed by atoms with E-state index in [2.05, 4.69) is 10.3 Å². The van der Waals surface area contributed by atoms with Crippen molar-refractivity contribution in [2.45, 2.75) is 6.92 Å². The molecule has 3 rings (SSSR count). The van der Waals surface area contributed by atoms with Crippen LogP contribution in [0.25, 0.3) is 10.9 Å². The topological polar surface area (TPSA) is 62.3 Å². The maximum Gasteiger partial charge on any atom is 0.251 e. The molecule has 0 bridgehead atoms. The van der Waals surface area contributed by atoms with Crippen LogP contribution in [0.1, 0.15) is 17.3 Å². The highest BCUT2D eigenvalue weighted by molar-refractivity contribution is 6.01. The molecule has 0 aliphatic rings. The van der Waals surface area contributed by atoms with Crippen molar-refractivity contribution in [3.05, 3.63) is 72.2 Å². The number of anilines is 1. The first-order chi connectivity index (χ1) is 12.6. The third kappa shape index (κ3) is 3.85. The van der Waals surface area contributed by atoms with Crippen LogP contribution in [0.2, 0.25) is 0 Å². The normalized spacial score (nSPS) is 10.5. The highest BCUT2D eigenvalue weighted by Gasteiger charge is 2.15. The number of hydrogen-bond acceptors (Lipinski definition) is 3. The van der Waals surface area contributed by atoms with E-state index in [4.69, 9.17) is 0 Å². The SMILES string of the molecule is CC(=O)N(CCNC(=O)c1ccc(F)cc1)c1cccc2cccnc12. The number of para-hydroxylation sites is 1. The second kappa shape index (κ2) is 7.74. The Kier molecular flexibility index (Phi) is 5.22. The van der Waals surface area contributed by atoms with Crippen LogP contribution >= 0.6 is 0 Å². The molecular weight excluding hydrogens is 333 g/mol. The fourth-order valence-corrected chi connectivity index (χ4v) is 2.74. The van der Waals surface area contributed by atoms with E-state index in [0.717, 1.165) is 10.9 Å². The van der Waals surface area contributed by atoms with Gasteiger partial charge in [0.2, 0.25) is 5.91 Å². The second-order valence-electron chi connectivity index (χ2n) is 5.79. The zero-order chi connectivity index (χ0) is 18.5. The Morgan fingerprint density at radius 1 is 1.08 bits per heavy atom. The van der Waals surface area contributed by atoms with Gasteiger partial charge in [0.15, 0.2) is 0 Å².